The lowest BCUT2D eigenvalue weighted by Gasteiger charge is -2.11. The van der Waals surface area contributed by atoms with Gasteiger partial charge < -0.3 is 15.3 Å². The maximum Gasteiger partial charge on any atom is 0.336 e. The van der Waals surface area contributed by atoms with E-state index in [2.05, 4.69) is 0 Å². The third-order valence-corrected chi connectivity index (χ3v) is 3.89. The molecule has 0 unspecified atom stereocenters. The lowest BCUT2D eigenvalue weighted by Crippen LogP contribution is -2.03. The molecule has 124 valence electrons. The van der Waals surface area contributed by atoms with Gasteiger partial charge in [0.15, 0.2) is 0 Å². The van der Waals surface area contributed by atoms with E-state index >= 15 is 0 Å². The first kappa shape index (κ1) is 16.2. The highest BCUT2D eigenvalue weighted by Gasteiger charge is 2.16. The van der Waals surface area contributed by atoms with Crippen molar-refractivity contribution in [1.82, 2.24) is 0 Å². The van der Waals surface area contributed by atoms with E-state index in [1.165, 1.54) is 18.2 Å². The summed E-state index contributed by atoms with van der Waals surface area (Å²) in [6, 6.07) is 13.6. The molecule has 3 aromatic carbocycles. The van der Waals surface area contributed by atoms with E-state index in [1.54, 1.807) is 30.3 Å². The maximum absolute atomic E-state index is 11.4. The average molecular weight is 336 g/mol. The molecule has 6 heteroatoms. The van der Waals surface area contributed by atoms with E-state index in [0.29, 0.717) is 21.9 Å². The van der Waals surface area contributed by atoms with Gasteiger partial charge in [-0.2, -0.15) is 0 Å². The number of carbonyl (C=O) groups is 3. The fraction of sp³-hybridized carbons (Fsp3) is 0. The van der Waals surface area contributed by atoms with Crippen LogP contribution in [0.25, 0.3) is 21.9 Å². The van der Waals surface area contributed by atoms with Crippen molar-refractivity contribution in [1.29, 1.82) is 0 Å². The Hall–Kier alpha value is -3.67. The Bertz CT molecular complexity index is 1000. The molecule has 0 spiro atoms. The minimum atomic E-state index is -1.24. The second kappa shape index (κ2) is 6.09. The van der Waals surface area contributed by atoms with Crippen LogP contribution in [0.1, 0.15) is 31.1 Å². The third-order valence-electron chi connectivity index (χ3n) is 3.89. The predicted molar refractivity (Wildman–Crippen MR) is 90.3 cm³/mol. The SMILES string of the molecule is O=C(O)c1cc(C(=O)O)cc(-c2ccc(C(=O)O)c3ccccc23)c1. The molecule has 3 N–H and O–H groups in total. The summed E-state index contributed by atoms with van der Waals surface area (Å²) in [4.78, 5) is 34.0. The average Bonchev–Trinajstić information content (AvgIpc) is 2.60. The fourth-order valence-corrected chi connectivity index (χ4v) is 2.77. The summed E-state index contributed by atoms with van der Waals surface area (Å²) >= 11 is 0. The van der Waals surface area contributed by atoms with Crippen molar-refractivity contribution in [3.05, 3.63) is 71.3 Å². The van der Waals surface area contributed by atoms with Gasteiger partial charge in [0.2, 0.25) is 0 Å². The first-order valence-electron chi connectivity index (χ1n) is 7.25. The summed E-state index contributed by atoms with van der Waals surface area (Å²) in [5, 5.41) is 28.9. The summed E-state index contributed by atoms with van der Waals surface area (Å²) < 4.78 is 0. The number of hydrogen-bond donors (Lipinski definition) is 3. The molecule has 25 heavy (non-hydrogen) atoms. The highest BCUT2D eigenvalue weighted by atomic mass is 16.4. The number of carboxylic acid groups (broad SMARTS) is 3. The van der Waals surface area contributed by atoms with Gasteiger partial charge in [0.25, 0.3) is 0 Å². The van der Waals surface area contributed by atoms with Crippen molar-refractivity contribution in [2.45, 2.75) is 0 Å². The van der Waals surface area contributed by atoms with Gasteiger partial charge in [-0.25, -0.2) is 14.4 Å². The van der Waals surface area contributed by atoms with Crippen LogP contribution in [0, 0.1) is 0 Å². The van der Waals surface area contributed by atoms with Crippen LogP contribution in [-0.4, -0.2) is 33.2 Å². The molecule has 0 saturated carbocycles. The normalized spacial score (nSPS) is 10.6. The molecule has 0 saturated heterocycles. The van der Waals surface area contributed by atoms with Crippen LogP contribution in [0.3, 0.4) is 0 Å². The van der Waals surface area contributed by atoms with Gasteiger partial charge in [-0.1, -0.05) is 30.3 Å². The van der Waals surface area contributed by atoms with Crippen LogP contribution < -0.4 is 0 Å². The lowest BCUT2D eigenvalue weighted by atomic mass is 9.93. The molecule has 0 aliphatic rings. The van der Waals surface area contributed by atoms with Crippen LogP contribution in [0.4, 0.5) is 0 Å². The van der Waals surface area contributed by atoms with Crippen molar-refractivity contribution in [3.8, 4) is 11.1 Å². The van der Waals surface area contributed by atoms with Gasteiger partial charge in [0, 0.05) is 0 Å². The third kappa shape index (κ3) is 2.92. The second-order valence-corrected chi connectivity index (χ2v) is 5.42. The van der Waals surface area contributed by atoms with Crippen LogP contribution in [0.5, 0.6) is 0 Å². The molecule has 0 bridgehead atoms. The van der Waals surface area contributed by atoms with Crippen molar-refractivity contribution in [3.63, 3.8) is 0 Å². The Balaban J connectivity index is 2.34. The van der Waals surface area contributed by atoms with Gasteiger partial charge in [-0.3, -0.25) is 0 Å². The summed E-state index contributed by atoms with van der Waals surface area (Å²) in [5.74, 6) is -3.56. The Morgan fingerprint density at radius 3 is 1.72 bits per heavy atom. The quantitative estimate of drug-likeness (QED) is 0.671. The lowest BCUT2D eigenvalue weighted by molar-refractivity contribution is 0.0683. The first-order valence-corrected chi connectivity index (χ1v) is 7.25. The molecular weight excluding hydrogens is 324 g/mol. The number of rotatable bonds is 4. The zero-order valence-electron chi connectivity index (χ0n) is 12.8. The standard InChI is InChI=1S/C19H12O6/c20-17(21)11-7-10(8-12(9-11)18(22)23)13-5-6-16(19(24)25)15-4-2-1-3-14(13)15/h1-9H,(H,20,21)(H,22,23)(H,24,25). The van der Waals surface area contributed by atoms with Gasteiger partial charge in [0.1, 0.15) is 0 Å². The summed E-state index contributed by atoms with van der Waals surface area (Å²) in [7, 11) is 0. The zero-order chi connectivity index (χ0) is 18.1. The summed E-state index contributed by atoms with van der Waals surface area (Å²) in [5.41, 5.74) is 0.770. The minimum Gasteiger partial charge on any atom is -0.478 e. The summed E-state index contributed by atoms with van der Waals surface area (Å²) in [6.07, 6.45) is 0. The molecular formula is C19H12O6. The van der Waals surface area contributed by atoms with Crippen molar-refractivity contribution >= 4 is 28.7 Å². The van der Waals surface area contributed by atoms with Crippen LogP contribution in [0.2, 0.25) is 0 Å². The van der Waals surface area contributed by atoms with Gasteiger partial charge in [-0.15, -0.1) is 0 Å². The molecule has 0 amide bonds. The highest BCUT2D eigenvalue weighted by Crippen LogP contribution is 2.32. The number of fused-ring (bicyclic) bond motifs is 1. The number of benzene rings is 3. The van der Waals surface area contributed by atoms with Crippen molar-refractivity contribution < 1.29 is 29.7 Å². The van der Waals surface area contributed by atoms with E-state index in [0.717, 1.165) is 6.07 Å². The van der Waals surface area contributed by atoms with Gasteiger partial charge in [-0.05, 0) is 46.2 Å². The highest BCUT2D eigenvalue weighted by molar-refractivity contribution is 6.09. The minimum absolute atomic E-state index is 0.118. The van der Waals surface area contributed by atoms with Crippen molar-refractivity contribution in [2.75, 3.05) is 0 Å². The molecule has 0 aliphatic carbocycles. The Morgan fingerprint density at radius 2 is 1.20 bits per heavy atom. The van der Waals surface area contributed by atoms with E-state index in [1.807, 2.05) is 0 Å². The fourth-order valence-electron chi connectivity index (χ4n) is 2.77. The molecule has 0 atom stereocenters. The molecule has 0 aliphatic heterocycles. The Labute approximate surface area is 141 Å². The monoisotopic (exact) mass is 336 g/mol. The van der Waals surface area contributed by atoms with E-state index in [-0.39, 0.29) is 16.7 Å². The molecule has 3 rings (SSSR count). The molecule has 0 aromatic heterocycles. The second-order valence-electron chi connectivity index (χ2n) is 5.42. The molecule has 6 nitrogen and oxygen atoms in total. The van der Waals surface area contributed by atoms with Crippen molar-refractivity contribution in [2.24, 2.45) is 0 Å². The van der Waals surface area contributed by atoms with E-state index < -0.39 is 17.9 Å². The summed E-state index contributed by atoms with van der Waals surface area (Å²) in [6.45, 7) is 0. The largest absolute Gasteiger partial charge is 0.478 e. The Morgan fingerprint density at radius 1 is 0.640 bits per heavy atom. The molecule has 3 aromatic rings. The molecule has 0 radical (unpaired) electrons. The first-order chi connectivity index (χ1) is 11.9. The topological polar surface area (TPSA) is 112 Å². The van der Waals surface area contributed by atoms with Gasteiger partial charge in [0.05, 0.1) is 16.7 Å². The zero-order valence-corrected chi connectivity index (χ0v) is 12.8. The Kier molecular flexibility index (Phi) is 3.94. The van der Waals surface area contributed by atoms with Crippen LogP contribution in [0.15, 0.2) is 54.6 Å². The number of aromatic carboxylic acids is 3. The van der Waals surface area contributed by atoms with Crippen LogP contribution >= 0.6 is 0 Å². The number of carboxylic acids is 3. The van der Waals surface area contributed by atoms with E-state index in [9.17, 15) is 29.7 Å². The smallest absolute Gasteiger partial charge is 0.336 e. The maximum atomic E-state index is 11.4. The molecule has 0 fully saturated rings. The number of hydrogen-bond acceptors (Lipinski definition) is 3. The van der Waals surface area contributed by atoms with E-state index in [4.69, 9.17) is 0 Å². The molecule has 0 heterocycles. The van der Waals surface area contributed by atoms with Gasteiger partial charge >= 0.3 is 17.9 Å². The van der Waals surface area contributed by atoms with Crippen LogP contribution in [-0.2, 0) is 0 Å². The predicted octanol–water partition coefficient (Wildman–Crippen LogP) is 3.60.